The molecule has 2 aromatic carbocycles. The molecule has 1 fully saturated rings. The summed E-state index contributed by atoms with van der Waals surface area (Å²) in [6, 6.07) is 15.4. The summed E-state index contributed by atoms with van der Waals surface area (Å²) < 4.78 is 0.996. The molecule has 0 unspecified atom stereocenters. The second-order valence-corrected chi connectivity index (χ2v) is 6.89. The van der Waals surface area contributed by atoms with E-state index in [2.05, 4.69) is 21.2 Å². The number of hydrogen-bond acceptors (Lipinski definition) is 2. The summed E-state index contributed by atoms with van der Waals surface area (Å²) in [5, 5.41) is 2.93. The van der Waals surface area contributed by atoms with Crippen molar-refractivity contribution in [2.75, 3.05) is 11.9 Å². The first-order chi connectivity index (χ1) is 11.6. The average molecular weight is 387 g/mol. The van der Waals surface area contributed by atoms with Crippen molar-refractivity contribution in [2.45, 2.75) is 25.8 Å². The first-order valence-electron chi connectivity index (χ1n) is 8.01. The van der Waals surface area contributed by atoms with Crippen LogP contribution >= 0.6 is 15.9 Å². The van der Waals surface area contributed by atoms with Crippen molar-refractivity contribution < 1.29 is 9.59 Å². The van der Waals surface area contributed by atoms with E-state index in [9.17, 15) is 9.59 Å². The molecule has 0 aliphatic carbocycles. The van der Waals surface area contributed by atoms with Crippen LogP contribution < -0.4 is 5.32 Å². The molecule has 0 radical (unpaired) electrons. The molecule has 24 heavy (non-hydrogen) atoms. The number of anilines is 1. The monoisotopic (exact) mass is 386 g/mol. The van der Waals surface area contributed by atoms with Crippen LogP contribution in [0.4, 0.5) is 5.69 Å². The topological polar surface area (TPSA) is 49.4 Å². The van der Waals surface area contributed by atoms with Crippen molar-refractivity contribution in [3.8, 4) is 0 Å². The Kier molecular flexibility index (Phi) is 5.30. The largest absolute Gasteiger partial charge is 0.338 e. The Bertz CT molecular complexity index is 743. The van der Waals surface area contributed by atoms with E-state index in [-0.39, 0.29) is 11.8 Å². The van der Waals surface area contributed by atoms with Crippen LogP contribution in [-0.2, 0) is 22.6 Å². The number of nitrogens with one attached hydrogen (secondary N) is 1. The van der Waals surface area contributed by atoms with E-state index in [1.807, 2.05) is 53.4 Å². The maximum atomic E-state index is 12.2. The van der Waals surface area contributed by atoms with Crippen molar-refractivity contribution in [1.82, 2.24) is 4.90 Å². The predicted octanol–water partition coefficient (Wildman–Crippen LogP) is 3.75. The first kappa shape index (κ1) is 16.7. The van der Waals surface area contributed by atoms with Gasteiger partial charge in [-0.05, 0) is 41.8 Å². The van der Waals surface area contributed by atoms with Gasteiger partial charge in [-0.3, -0.25) is 9.59 Å². The van der Waals surface area contributed by atoms with Gasteiger partial charge in [0.25, 0.3) is 0 Å². The average Bonchev–Trinajstić information content (AvgIpc) is 2.95. The smallest absolute Gasteiger partial charge is 0.228 e. The van der Waals surface area contributed by atoms with Gasteiger partial charge in [0.05, 0.1) is 6.42 Å². The molecular weight excluding hydrogens is 368 g/mol. The molecule has 2 amide bonds. The molecule has 0 spiro atoms. The van der Waals surface area contributed by atoms with Gasteiger partial charge in [0.2, 0.25) is 11.8 Å². The third-order valence-electron chi connectivity index (χ3n) is 4.03. The molecule has 3 rings (SSSR count). The van der Waals surface area contributed by atoms with Crippen LogP contribution in [0.5, 0.6) is 0 Å². The highest BCUT2D eigenvalue weighted by atomic mass is 79.9. The van der Waals surface area contributed by atoms with Gasteiger partial charge in [0.1, 0.15) is 0 Å². The summed E-state index contributed by atoms with van der Waals surface area (Å²) in [4.78, 5) is 25.8. The normalized spacial score (nSPS) is 14.0. The van der Waals surface area contributed by atoms with Crippen molar-refractivity contribution in [3.63, 3.8) is 0 Å². The molecule has 1 heterocycles. The molecule has 5 heteroatoms. The van der Waals surface area contributed by atoms with Crippen LogP contribution in [0.25, 0.3) is 0 Å². The molecule has 1 aliphatic rings. The van der Waals surface area contributed by atoms with Crippen LogP contribution in [-0.4, -0.2) is 23.3 Å². The lowest BCUT2D eigenvalue weighted by Crippen LogP contribution is -2.23. The number of halogens is 1. The lowest BCUT2D eigenvalue weighted by atomic mass is 10.1. The summed E-state index contributed by atoms with van der Waals surface area (Å²) >= 11 is 3.38. The fraction of sp³-hybridized carbons (Fsp3) is 0.263. The van der Waals surface area contributed by atoms with E-state index >= 15 is 0 Å². The molecule has 0 saturated carbocycles. The number of rotatable bonds is 5. The lowest BCUT2D eigenvalue weighted by molar-refractivity contribution is -0.128. The van der Waals surface area contributed by atoms with Gasteiger partial charge in [-0.15, -0.1) is 0 Å². The molecule has 1 aliphatic heterocycles. The Morgan fingerprint density at radius 3 is 2.62 bits per heavy atom. The minimum atomic E-state index is -0.0493. The van der Waals surface area contributed by atoms with Crippen molar-refractivity contribution in [2.24, 2.45) is 0 Å². The Morgan fingerprint density at radius 2 is 1.92 bits per heavy atom. The van der Waals surface area contributed by atoms with E-state index in [0.717, 1.165) is 34.3 Å². The SMILES string of the molecule is O=C(Cc1ccc(Br)cc1)Nc1cccc(CN2CCCC2=O)c1. The Hall–Kier alpha value is -2.14. The van der Waals surface area contributed by atoms with Gasteiger partial charge in [-0.25, -0.2) is 0 Å². The van der Waals surface area contributed by atoms with E-state index in [1.54, 1.807) is 0 Å². The van der Waals surface area contributed by atoms with Gasteiger partial charge >= 0.3 is 0 Å². The summed E-state index contributed by atoms with van der Waals surface area (Å²) in [5.41, 5.74) is 2.77. The van der Waals surface area contributed by atoms with Crippen LogP contribution in [0.15, 0.2) is 53.0 Å². The summed E-state index contributed by atoms with van der Waals surface area (Å²) in [5.74, 6) is 0.159. The maximum Gasteiger partial charge on any atom is 0.228 e. The van der Waals surface area contributed by atoms with Crippen LogP contribution in [0.3, 0.4) is 0 Å². The first-order valence-corrected chi connectivity index (χ1v) is 8.80. The third kappa shape index (κ3) is 4.45. The zero-order valence-electron chi connectivity index (χ0n) is 13.3. The van der Waals surface area contributed by atoms with Crippen molar-refractivity contribution in [1.29, 1.82) is 0 Å². The molecule has 4 nitrogen and oxygen atoms in total. The van der Waals surface area contributed by atoms with Crippen LogP contribution in [0.2, 0.25) is 0 Å². The number of carbonyl (C=O) groups excluding carboxylic acids is 2. The molecule has 0 atom stereocenters. The summed E-state index contributed by atoms with van der Waals surface area (Å²) in [6.45, 7) is 1.42. The number of nitrogens with zero attached hydrogens (tertiary/aromatic N) is 1. The predicted molar refractivity (Wildman–Crippen MR) is 97.6 cm³/mol. The second kappa shape index (κ2) is 7.62. The highest BCUT2D eigenvalue weighted by molar-refractivity contribution is 9.10. The zero-order chi connectivity index (χ0) is 16.9. The molecule has 0 bridgehead atoms. The zero-order valence-corrected chi connectivity index (χ0v) is 14.9. The minimum absolute atomic E-state index is 0.0493. The third-order valence-corrected chi connectivity index (χ3v) is 4.56. The highest BCUT2D eigenvalue weighted by Gasteiger charge is 2.20. The van der Waals surface area contributed by atoms with Gasteiger partial charge in [-0.1, -0.05) is 40.2 Å². The number of carbonyl (C=O) groups is 2. The second-order valence-electron chi connectivity index (χ2n) is 5.97. The fourth-order valence-electron chi connectivity index (χ4n) is 2.83. The van der Waals surface area contributed by atoms with Crippen LogP contribution in [0.1, 0.15) is 24.0 Å². The number of benzene rings is 2. The van der Waals surface area contributed by atoms with Crippen molar-refractivity contribution >= 4 is 33.4 Å². The van der Waals surface area contributed by atoms with E-state index in [0.29, 0.717) is 19.4 Å². The molecule has 1 N–H and O–H groups in total. The summed E-state index contributed by atoms with van der Waals surface area (Å²) in [6.07, 6.45) is 1.91. The Labute approximate surface area is 150 Å². The van der Waals surface area contributed by atoms with Gasteiger partial charge in [0, 0.05) is 29.7 Å². The lowest BCUT2D eigenvalue weighted by Gasteiger charge is -2.16. The van der Waals surface area contributed by atoms with Gasteiger partial charge < -0.3 is 10.2 Å². The van der Waals surface area contributed by atoms with E-state index in [4.69, 9.17) is 0 Å². The maximum absolute atomic E-state index is 12.2. The van der Waals surface area contributed by atoms with Crippen LogP contribution in [0, 0.1) is 0 Å². The Morgan fingerprint density at radius 1 is 1.12 bits per heavy atom. The number of hydrogen-bond donors (Lipinski definition) is 1. The number of amides is 2. The molecule has 0 aromatic heterocycles. The Balaban J connectivity index is 1.60. The van der Waals surface area contributed by atoms with Gasteiger partial charge in [0.15, 0.2) is 0 Å². The van der Waals surface area contributed by atoms with Crippen molar-refractivity contribution in [3.05, 3.63) is 64.1 Å². The van der Waals surface area contributed by atoms with E-state index in [1.165, 1.54) is 0 Å². The highest BCUT2D eigenvalue weighted by Crippen LogP contribution is 2.17. The fourth-order valence-corrected chi connectivity index (χ4v) is 3.10. The summed E-state index contributed by atoms with van der Waals surface area (Å²) in [7, 11) is 0. The molecule has 1 saturated heterocycles. The molecule has 2 aromatic rings. The van der Waals surface area contributed by atoms with E-state index < -0.39 is 0 Å². The molecule has 124 valence electrons. The quantitative estimate of drug-likeness (QED) is 0.850. The van der Waals surface area contributed by atoms with Gasteiger partial charge in [-0.2, -0.15) is 0 Å². The molecular formula is C19H19BrN2O2. The standard InChI is InChI=1S/C19H19BrN2O2/c20-16-8-6-14(7-9-16)12-18(23)21-17-4-1-3-15(11-17)13-22-10-2-5-19(22)24/h1,3-4,6-9,11H,2,5,10,12-13H2,(H,21,23). The number of likely N-dealkylation sites (tertiary alicyclic amines) is 1. The minimum Gasteiger partial charge on any atom is -0.338 e.